The molecule has 4 N–H and O–H groups in total. The Hall–Kier alpha value is -2.50. The minimum absolute atomic E-state index is 0.673. The zero-order valence-corrected chi connectivity index (χ0v) is 9.23. The van der Waals surface area contributed by atoms with E-state index < -0.39 is 6.03 Å². The molecule has 0 fully saturated rings. The average molecular weight is 232 g/mol. The largest absolute Gasteiger partial charge is 0.496 e. The van der Waals surface area contributed by atoms with Crippen LogP contribution in [-0.4, -0.2) is 24.3 Å². The number of hydrazone groups is 1. The summed E-state index contributed by atoms with van der Waals surface area (Å²) in [6, 6.07) is 4.93. The Morgan fingerprint density at radius 2 is 2.35 bits per heavy atom. The summed E-state index contributed by atoms with van der Waals surface area (Å²) in [6.45, 7) is 0. The number of amides is 2. The number of methoxy groups -OCH3 is 1. The molecule has 0 aliphatic carbocycles. The highest BCUT2D eigenvalue weighted by atomic mass is 16.5. The maximum absolute atomic E-state index is 10.5. The van der Waals surface area contributed by atoms with Gasteiger partial charge in [0.1, 0.15) is 5.75 Å². The molecule has 6 heteroatoms. The molecular weight excluding hydrogens is 220 g/mol. The molecular formula is C11H12N4O2. The van der Waals surface area contributed by atoms with Crippen molar-refractivity contribution in [1.82, 2.24) is 10.4 Å². The van der Waals surface area contributed by atoms with Crippen LogP contribution in [0.1, 0.15) is 5.56 Å². The van der Waals surface area contributed by atoms with Gasteiger partial charge in [-0.25, -0.2) is 10.2 Å². The molecule has 2 rings (SSSR count). The lowest BCUT2D eigenvalue weighted by Gasteiger charge is -2.05. The number of urea groups is 1. The van der Waals surface area contributed by atoms with Crippen molar-refractivity contribution < 1.29 is 9.53 Å². The van der Waals surface area contributed by atoms with Crippen molar-refractivity contribution in [1.29, 1.82) is 0 Å². The number of aromatic amines is 1. The zero-order valence-electron chi connectivity index (χ0n) is 9.23. The number of carbonyl (C=O) groups is 1. The fourth-order valence-electron chi connectivity index (χ4n) is 1.61. The number of primary amides is 1. The summed E-state index contributed by atoms with van der Waals surface area (Å²) in [4.78, 5) is 13.6. The van der Waals surface area contributed by atoms with E-state index in [4.69, 9.17) is 10.5 Å². The van der Waals surface area contributed by atoms with E-state index in [0.29, 0.717) is 5.75 Å². The van der Waals surface area contributed by atoms with Crippen molar-refractivity contribution in [2.45, 2.75) is 0 Å². The molecule has 0 unspecified atom stereocenters. The van der Waals surface area contributed by atoms with Gasteiger partial charge in [-0.1, -0.05) is 0 Å². The number of ether oxygens (including phenoxy) is 1. The zero-order chi connectivity index (χ0) is 12.3. The second-order valence-corrected chi connectivity index (χ2v) is 3.35. The van der Waals surface area contributed by atoms with E-state index in [1.807, 2.05) is 24.4 Å². The van der Waals surface area contributed by atoms with Crippen molar-refractivity contribution in [2.75, 3.05) is 7.11 Å². The molecule has 1 aromatic heterocycles. The van der Waals surface area contributed by atoms with Crippen molar-refractivity contribution in [3.05, 3.63) is 30.0 Å². The van der Waals surface area contributed by atoms with Crippen LogP contribution in [0, 0.1) is 0 Å². The predicted octanol–water partition coefficient (Wildman–Crippen LogP) is 1.18. The van der Waals surface area contributed by atoms with Gasteiger partial charge < -0.3 is 15.5 Å². The second kappa shape index (κ2) is 4.56. The van der Waals surface area contributed by atoms with Gasteiger partial charge in [0.2, 0.25) is 0 Å². The van der Waals surface area contributed by atoms with Gasteiger partial charge in [0.25, 0.3) is 0 Å². The SMILES string of the molecule is COc1ccc2[nH]ccc2c1/C=N/NC(N)=O. The first-order valence-electron chi connectivity index (χ1n) is 4.95. The molecule has 0 aliphatic heterocycles. The standard InChI is InChI=1S/C11H12N4O2/c1-17-10-3-2-9-7(4-5-13-9)8(10)6-14-15-11(12)16/h2-6,13H,1H3,(H3,12,15,16)/b14-6+. The van der Waals surface area contributed by atoms with Gasteiger partial charge >= 0.3 is 6.03 Å². The van der Waals surface area contributed by atoms with Crippen LogP contribution in [0.5, 0.6) is 5.75 Å². The number of carbonyl (C=O) groups excluding carboxylic acids is 1. The van der Waals surface area contributed by atoms with E-state index in [2.05, 4.69) is 15.5 Å². The summed E-state index contributed by atoms with van der Waals surface area (Å²) < 4.78 is 5.23. The fraction of sp³-hybridized carbons (Fsp3) is 0.0909. The Morgan fingerprint density at radius 1 is 1.53 bits per heavy atom. The molecule has 1 aromatic carbocycles. The molecule has 0 atom stereocenters. The third kappa shape index (κ3) is 2.20. The van der Waals surface area contributed by atoms with Gasteiger partial charge in [0.15, 0.2) is 0 Å². The molecule has 88 valence electrons. The van der Waals surface area contributed by atoms with Crippen molar-refractivity contribution in [2.24, 2.45) is 10.8 Å². The summed E-state index contributed by atoms with van der Waals surface area (Å²) in [6.07, 6.45) is 3.32. The highest BCUT2D eigenvalue weighted by Gasteiger charge is 2.06. The number of rotatable bonds is 3. The fourth-order valence-corrected chi connectivity index (χ4v) is 1.61. The third-order valence-electron chi connectivity index (χ3n) is 2.32. The molecule has 6 nitrogen and oxygen atoms in total. The highest BCUT2D eigenvalue weighted by Crippen LogP contribution is 2.25. The Labute approximate surface area is 97.4 Å². The number of nitrogens with one attached hydrogen (secondary N) is 2. The predicted molar refractivity (Wildman–Crippen MR) is 65.2 cm³/mol. The Balaban J connectivity index is 2.44. The molecule has 0 bridgehead atoms. The Morgan fingerprint density at radius 3 is 3.06 bits per heavy atom. The quantitative estimate of drug-likeness (QED) is 0.547. The number of benzene rings is 1. The normalized spacial score (nSPS) is 10.9. The second-order valence-electron chi connectivity index (χ2n) is 3.35. The molecule has 0 saturated carbocycles. The summed E-state index contributed by atoms with van der Waals surface area (Å²) >= 11 is 0. The minimum atomic E-state index is -0.707. The number of H-pyrrole nitrogens is 1. The molecule has 0 radical (unpaired) electrons. The van der Waals surface area contributed by atoms with Crippen LogP contribution in [0.4, 0.5) is 4.79 Å². The minimum Gasteiger partial charge on any atom is -0.496 e. The lowest BCUT2D eigenvalue weighted by atomic mass is 10.1. The first-order chi connectivity index (χ1) is 8.22. The van der Waals surface area contributed by atoms with E-state index >= 15 is 0 Å². The summed E-state index contributed by atoms with van der Waals surface area (Å²) in [5, 5.41) is 4.69. The topological polar surface area (TPSA) is 92.5 Å². The Bertz CT molecular complexity index is 574. The van der Waals surface area contributed by atoms with Crippen molar-refractivity contribution in [3.63, 3.8) is 0 Å². The van der Waals surface area contributed by atoms with Crippen LogP contribution in [-0.2, 0) is 0 Å². The van der Waals surface area contributed by atoms with Crippen LogP contribution in [0.2, 0.25) is 0 Å². The number of nitrogens with two attached hydrogens (primary N) is 1. The van der Waals surface area contributed by atoms with Gasteiger partial charge in [-0.3, -0.25) is 0 Å². The van der Waals surface area contributed by atoms with Crippen LogP contribution in [0.3, 0.4) is 0 Å². The molecule has 1 heterocycles. The summed E-state index contributed by atoms with van der Waals surface area (Å²) in [7, 11) is 1.58. The molecule has 0 spiro atoms. The molecule has 0 saturated heterocycles. The Kier molecular flexibility index (Phi) is 2.95. The average Bonchev–Trinajstić information content (AvgIpc) is 2.77. The van der Waals surface area contributed by atoms with E-state index in [9.17, 15) is 4.79 Å². The van der Waals surface area contributed by atoms with Crippen LogP contribution < -0.4 is 15.9 Å². The van der Waals surface area contributed by atoms with Gasteiger partial charge in [-0.2, -0.15) is 5.10 Å². The monoisotopic (exact) mass is 232 g/mol. The molecule has 0 aliphatic rings. The van der Waals surface area contributed by atoms with Gasteiger partial charge in [0.05, 0.1) is 13.3 Å². The van der Waals surface area contributed by atoms with Crippen LogP contribution in [0.15, 0.2) is 29.5 Å². The molecule has 17 heavy (non-hydrogen) atoms. The number of hydrogen-bond acceptors (Lipinski definition) is 3. The van der Waals surface area contributed by atoms with E-state index in [1.165, 1.54) is 6.21 Å². The van der Waals surface area contributed by atoms with Crippen LogP contribution >= 0.6 is 0 Å². The molecule has 2 amide bonds. The van der Waals surface area contributed by atoms with E-state index in [1.54, 1.807) is 7.11 Å². The lowest BCUT2D eigenvalue weighted by molar-refractivity contribution is 0.249. The van der Waals surface area contributed by atoms with Gasteiger partial charge in [0, 0.05) is 22.7 Å². The highest BCUT2D eigenvalue weighted by molar-refractivity contribution is 6.01. The third-order valence-corrected chi connectivity index (χ3v) is 2.32. The number of hydrogen-bond donors (Lipinski definition) is 3. The number of nitrogens with zero attached hydrogens (tertiary/aromatic N) is 1. The first-order valence-corrected chi connectivity index (χ1v) is 4.95. The van der Waals surface area contributed by atoms with E-state index in [0.717, 1.165) is 16.5 Å². The number of aromatic nitrogens is 1. The maximum Gasteiger partial charge on any atom is 0.332 e. The van der Waals surface area contributed by atoms with Gasteiger partial charge in [-0.05, 0) is 18.2 Å². The lowest BCUT2D eigenvalue weighted by Crippen LogP contribution is -2.24. The van der Waals surface area contributed by atoms with Crippen LogP contribution in [0.25, 0.3) is 10.9 Å². The van der Waals surface area contributed by atoms with Crippen molar-refractivity contribution >= 4 is 23.1 Å². The van der Waals surface area contributed by atoms with Gasteiger partial charge in [-0.15, -0.1) is 0 Å². The summed E-state index contributed by atoms with van der Waals surface area (Å²) in [5.74, 6) is 0.673. The molecule has 2 aromatic rings. The number of fused-ring (bicyclic) bond motifs is 1. The smallest absolute Gasteiger partial charge is 0.332 e. The first kappa shape index (κ1) is 11.0. The van der Waals surface area contributed by atoms with Crippen molar-refractivity contribution in [3.8, 4) is 5.75 Å². The summed E-state index contributed by atoms with van der Waals surface area (Å²) in [5.41, 5.74) is 8.81. The maximum atomic E-state index is 10.5. The van der Waals surface area contributed by atoms with E-state index in [-0.39, 0.29) is 0 Å².